The zero-order valence-corrected chi connectivity index (χ0v) is 16.8. The monoisotopic (exact) mass is 450 g/mol. The van der Waals surface area contributed by atoms with Crippen LogP contribution in [0.4, 0.5) is 10.3 Å². The fraction of sp³-hybridized carbons (Fsp3) is 0.263. The summed E-state index contributed by atoms with van der Waals surface area (Å²) in [6.07, 6.45) is 2.08. The second-order valence-electron chi connectivity index (χ2n) is 6.27. The molecule has 2 heterocycles. The van der Waals surface area contributed by atoms with Crippen molar-refractivity contribution in [1.29, 1.82) is 0 Å². The summed E-state index contributed by atoms with van der Waals surface area (Å²) in [5, 5.41) is 8.20. The van der Waals surface area contributed by atoms with E-state index in [0.717, 1.165) is 10.0 Å². The molecule has 1 aliphatic heterocycles. The molecule has 1 aliphatic rings. The van der Waals surface area contributed by atoms with Gasteiger partial charge in [0.25, 0.3) is 0 Å². The first kappa shape index (κ1) is 18.3. The summed E-state index contributed by atoms with van der Waals surface area (Å²) in [5.74, 6) is 0.979. The van der Waals surface area contributed by atoms with Gasteiger partial charge in [-0.15, -0.1) is 0 Å². The first-order valence-corrected chi connectivity index (χ1v) is 9.77. The molecule has 0 spiro atoms. The van der Waals surface area contributed by atoms with E-state index in [2.05, 4.69) is 31.3 Å². The molecule has 0 radical (unpaired) electrons. The lowest BCUT2D eigenvalue weighted by atomic mass is 9.93. The van der Waals surface area contributed by atoms with E-state index in [1.807, 2.05) is 25.1 Å². The standard InChI is InChI=1S/C19H17BrClFN4O/c1-2-27-18-6-3-11(7-14(18)21)16-9-17(26-19(25-16)23-10-24-26)13-8-12(20)4-5-15(13)22/h3-8,10,16-17H,2,9H2,1H3,(H,23,24,25)/t16-,17-/m1/s1. The molecule has 5 nitrogen and oxygen atoms in total. The zero-order valence-electron chi connectivity index (χ0n) is 14.5. The smallest absolute Gasteiger partial charge is 0.222 e. The molecular formula is C19H17BrClFN4O. The van der Waals surface area contributed by atoms with Gasteiger partial charge in [-0.2, -0.15) is 10.1 Å². The molecule has 1 N–H and O–H groups in total. The Morgan fingerprint density at radius 2 is 2.19 bits per heavy atom. The third-order valence-corrected chi connectivity index (χ3v) is 5.39. The van der Waals surface area contributed by atoms with Gasteiger partial charge < -0.3 is 10.1 Å². The van der Waals surface area contributed by atoms with Gasteiger partial charge in [0.2, 0.25) is 5.95 Å². The number of rotatable bonds is 4. The van der Waals surface area contributed by atoms with Crippen LogP contribution in [0, 0.1) is 5.82 Å². The normalized spacial score (nSPS) is 18.7. The van der Waals surface area contributed by atoms with Gasteiger partial charge in [0.05, 0.1) is 23.7 Å². The highest BCUT2D eigenvalue weighted by Gasteiger charge is 2.31. The van der Waals surface area contributed by atoms with E-state index in [4.69, 9.17) is 16.3 Å². The Bertz CT molecular complexity index is 980. The van der Waals surface area contributed by atoms with Crippen LogP contribution in [-0.2, 0) is 0 Å². The lowest BCUT2D eigenvalue weighted by molar-refractivity contribution is 0.340. The minimum absolute atomic E-state index is 0.0849. The van der Waals surface area contributed by atoms with Gasteiger partial charge in [0, 0.05) is 10.0 Å². The van der Waals surface area contributed by atoms with Crippen LogP contribution < -0.4 is 10.1 Å². The number of nitrogens with one attached hydrogen (secondary N) is 1. The number of halogens is 3. The van der Waals surface area contributed by atoms with Crippen LogP contribution in [0.1, 0.15) is 36.6 Å². The summed E-state index contributed by atoms with van der Waals surface area (Å²) in [6.45, 7) is 2.46. The largest absolute Gasteiger partial charge is 0.492 e. The van der Waals surface area contributed by atoms with Crippen LogP contribution in [0.2, 0.25) is 5.02 Å². The Hall–Kier alpha value is -2.12. The van der Waals surface area contributed by atoms with Gasteiger partial charge in [-0.25, -0.2) is 9.07 Å². The lowest BCUT2D eigenvalue weighted by Crippen LogP contribution is -2.28. The number of aromatic nitrogens is 3. The molecule has 27 heavy (non-hydrogen) atoms. The molecule has 2 aromatic carbocycles. The summed E-state index contributed by atoms with van der Waals surface area (Å²) in [5.41, 5.74) is 1.55. The molecule has 0 aliphatic carbocycles. The predicted molar refractivity (Wildman–Crippen MR) is 106 cm³/mol. The third kappa shape index (κ3) is 3.53. The molecule has 0 saturated carbocycles. The number of nitrogens with zero attached hydrogens (tertiary/aromatic N) is 3. The predicted octanol–water partition coefficient (Wildman–Crippen LogP) is 5.38. The SMILES string of the molecule is CCOc1ccc([C@H]2C[C@H](c3cc(Br)ccc3F)n3ncnc3N2)cc1Cl. The van der Waals surface area contributed by atoms with E-state index >= 15 is 0 Å². The van der Waals surface area contributed by atoms with Gasteiger partial charge in [0.15, 0.2) is 0 Å². The Labute approximate surface area is 169 Å². The van der Waals surface area contributed by atoms with E-state index in [-0.39, 0.29) is 17.9 Å². The highest BCUT2D eigenvalue weighted by Crippen LogP contribution is 2.40. The van der Waals surface area contributed by atoms with Crippen molar-refractivity contribution in [3.05, 3.63) is 69.2 Å². The molecule has 140 valence electrons. The van der Waals surface area contributed by atoms with Crippen LogP contribution in [0.5, 0.6) is 5.75 Å². The topological polar surface area (TPSA) is 52.0 Å². The number of ether oxygens (including phenoxy) is 1. The summed E-state index contributed by atoms with van der Waals surface area (Å²) in [7, 11) is 0. The Kier molecular flexibility index (Phi) is 5.06. The minimum Gasteiger partial charge on any atom is -0.492 e. The quantitative estimate of drug-likeness (QED) is 0.579. The second kappa shape index (κ2) is 7.48. The molecule has 0 amide bonds. The van der Waals surface area contributed by atoms with Crippen molar-refractivity contribution >= 4 is 33.5 Å². The van der Waals surface area contributed by atoms with E-state index in [0.29, 0.717) is 35.3 Å². The van der Waals surface area contributed by atoms with Crippen LogP contribution in [0.15, 0.2) is 47.2 Å². The van der Waals surface area contributed by atoms with Crippen molar-refractivity contribution in [2.75, 3.05) is 11.9 Å². The van der Waals surface area contributed by atoms with Gasteiger partial charge >= 0.3 is 0 Å². The Morgan fingerprint density at radius 1 is 1.33 bits per heavy atom. The Morgan fingerprint density at radius 3 is 2.96 bits per heavy atom. The molecule has 1 aromatic heterocycles. The average molecular weight is 452 g/mol. The van der Waals surface area contributed by atoms with E-state index in [1.165, 1.54) is 12.4 Å². The summed E-state index contributed by atoms with van der Waals surface area (Å²) >= 11 is 9.78. The second-order valence-corrected chi connectivity index (χ2v) is 7.59. The molecule has 3 aromatic rings. The number of benzene rings is 2. The van der Waals surface area contributed by atoms with Gasteiger partial charge in [0.1, 0.15) is 17.9 Å². The van der Waals surface area contributed by atoms with Crippen LogP contribution in [0.3, 0.4) is 0 Å². The summed E-state index contributed by atoms with van der Waals surface area (Å²) in [4.78, 5) is 4.28. The highest BCUT2D eigenvalue weighted by molar-refractivity contribution is 9.10. The number of hydrogen-bond donors (Lipinski definition) is 1. The maximum Gasteiger partial charge on any atom is 0.222 e. The third-order valence-electron chi connectivity index (χ3n) is 4.61. The highest BCUT2D eigenvalue weighted by atomic mass is 79.9. The first-order chi connectivity index (χ1) is 13.1. The fourth-order valence-electron chi connectivity index (χ4n) is 3.37. The maximum absolute atomic E-state index is 14.5. The van der Waals surface area contributed by atoms with E-state index in [1.54, 1.807) is 16.8 Å². The molecule has 0 bridgehead atoms. The van der Waals surface area contributed by atoms with Crippen molar-refractivity contribution in [3.8, 4) is 5.75 Å². The van der Waals surface area contributed by atoms with Crippen LogP contribution in [0.25, 0.3) is 0 Å². The molecule has 2 atom stereocenters. The minimum atomic E-state index is -0.281. The molecule has 0 fully saturated rings. The van der Waals surface area contributed by atoms with Crippen molar-refractivity contribution in [2.24, 2.45) is 0 Å². The molecule has 0 saturated heterocycles. The van der Waals surface area contributed by atoms with Crippen molar-refractivity contribution in [1.82, 2.24) is 14.8 Å². The van der Waals surface area contributed by atoms with Gasteiger partial charge in [-0.3, -0.25) is 0 Å². The molecule has 0 unspecified atom stereocenters. The lowest BCUT2D eigenvalue weighted by Gasteiger charge is -2.32. The van der Waals surface area contributed by atoms with Crippen LogP contribution in [-0.4, -0.2) is 21.4 Å². The Balaban J connectivity index is 1.71. The molecule has 4 rings (SSSR count). The van der Waals surface area contributed by atoms with Crippen molar-refractivity contribution < 1.29 is 9.13 Å². The van der Waals surface area contributed by atoms with E-state index < -0.39 is 0 Å². The van der Waals surface area contributed by atoms with Crippen LogP contribution >= 0.6 is 27.5 Å². The van der Waals surface area contributed by atoms with Gasteiger partial charge in [-0.05, 0) is 49.2 Å². The number of fused-ring (bicyclic) bond motifs is 1. The number of hydrogen-bond acceptors (Lipinski definition) is 4. The molecular weight excluding hydrogens is 435 g/mol. The fourth-order valence-corrected chi connectivity index (χ4v) is 4.00. The van der Waals surface area contributed by atoms with E-state index in [9.17, 15) is 4.39 Å². The van der Waals surface area contributed by atoms with Gasteiger partial charge in [-0.1, -0.05) is 33.6 Å². The zero-order chi connectivity index (χ0) is 19.0. The van der Waals surface area contributed by atoms with Crippen molar-refractivity contribution in [2.45, 2.75) is 25.4 Å². The first-order valence-electron chi connectivity index (χ1n) is 8.60. The molecule has 8 heteroatoms. The summed E-state index contributed by atoms with van der Waals surface area (Å²) < 4.78 is 22.6. The average Bonchev–Trinajstić information content (AvgIpc) is 3.13. The number of anilines is 1. The van der Waals surface area contributed by atoms with Crippen molar-refractivity contribution in [3.63, 3.8) is 0 Å². The summed E-state index contributed by atoms with van der Waals surface area (Å²) in [6, 6.07) is 10.3. The maximum atomic E-state index is 14.5.